The number of nitrogens with one attached hydrogen (secondary N) is 1. The summed E-state index contributed by atoms with van der Waals surface area (Å²) in [6, 6.07) is 17.3. The molecule has 0 unspecified atom stereocenters. The van der Waals surface area contributed by atoms with E-state index in [2.05, 4.69) is 5.32 Å². The zero-order valence-corrected chi connectivity index (χ0v) is 21.4. The standard InChI is InChI=1S/C29H26ClN3O5/c30-23-7-3-21(26(17-23)33(37)38)16-28(35)31-24-8-4-18(5-9-24)19-11-13-32(14-12-19)29(36)22-2-1-20-6-10-27(34)25(20)15-22/h1-5,7-9,15,17,19H,6,10-14,16H2,(H,31,35). The van der Waals surface area contributed by atoms with E-state index >= 15 is 0 Å². The number of nitrogens with zero attached hydrogens (tertiary/aromatic N) is 2. The summed E-state index contributed by atoms with van der Waals surface area (Å²) in [5.74, 6) is 0.00888. The Labute approximate surface area is 224 Å². The van der Waals surface area contributed by atoms with Crippen molar-refractivity contribution in [1.82, 2.24) is 4.90 Å². The van der Waals surface area contributed by atoms with Crippen LogP contribution in [0.15, 0.2) is 60.7 Å². The molecule has 1 heterocycles. The number of amides is 2. The van der Waals surface area contributed by atoms with E-state index in [1.54, 1.807) is 6.07 Å². The van der Waals surface area contributed by atoms with Crippen LogP contribution in [-0.2, 0) is 17.6 Å². The van der Waals surface area contributed by atoms with Crippen LogP contribution in [-0.4, -0.2) is 40.5 Å². The summed E-state index contributed by atoms with van der Waals surface area (Å²) in [6.45, 7) is 1.26. The second-order valence-corrected chi connectivity index (χ2v) is 10.2. The van der Waals surface area contributed by atoms with Crippen LogP contribution in [0.1, 0.15) is 62.6 Å². The lowest BCUT2D eigenvalue weighted by atomic mass is 9.89. The number of hydrogen-bond donors (Lipinski definition) is 1. The third-order valence-corrected chi connectivity index (χ3v) is 7.56. The van der Waals surface area contributed by atoms with Gasteiger partial charge in [0.25, 0.3) is 11.6 Å². The van der Waals surface area contributed by atoms with Crippen molar-refractivity contribution in [3.8, 4) is 0 Å². The number of carbonyl (C=O) groups excluding carboxylic acids is 3. The normalized spacial score (nSPS) is 15.3. The molecule has 0 radical (unpaired) electrons. The minimum absolute atomic E-state index is 0.0371. The molecule has 1 aliphatic heterocycles. The molecule has 0 bridgehead atoms. The molecule has 1 N–H and O–H groups in total. The average molecular weight is 532 g/mol. The fourth-order valence-corrected chi connectivity index (χ4v) is 5.41. The molecule has 194 valence electrons. The molecule has 8 nitrogen and oxygen atoms in total. The number of nitro groups is 1. The molecular formula is C29H26ClN3O5. The van der Waals surface area contributed by atoms with Gasteiger partial charge in [-0.1, -0.05) is 35.9 Å². The summed E-state index contributed by atoms with van der Waals surface area (Å²) in [4.78, 5) is 50.2. The third kappa shape index (κ3) is 5.45. The molecule has 1 fully saturated rings. The van der Waals surface area contributed by atoms with Crippen LogP contribution in [0.25, 0.3) is 0 Å². The fraction of sp³-hybridized carbons (Fsp3) is 0.276. The number of Topliss-reactive ketones (excluding diaryl/α,β-unsaturated/α-hetero) is 1. The van der Waals surface area contributed by atoms with Crippen molar-refractivity contribution < 1.29 is 19.3 Å². The highest BCUT2D eigenvalue weighted by atomic mass is 35.5. The second-order valence-electron chi connectivity index (χ2n) is 9.74. The molecule has 1 saturated heterocycles. The molecule has 3 aromatic carbocycles. The van der Waals surface area contributed by atoms with Gasteiger partial charge in [-0.05, 0) is 66.6 Å². The van der Waals surface area contributed by atoms with E-state index in [9.17, 15) is 24.5 Å². The Morgan fingerprint density at radius 2 is 1.74 bits per heavy atom. The fourth-order valence-electron chi connectivity index (χ4n) is 5.24. The summed E-state index contributed by atoms with van der Waals surface area (Å²) in [5, 5.41) is 14.3. The molecule has 9 heteroatoms. The highest BCUT2D eigenvalue weighted by molar-refractivity contribution is 6.30. The number of fused-ring (bicyclic) bond motifs is 1. The number of ketones is 1. The predicted octanol–water partition coefficient (Wildman–Crippen LogP) is 5.58. The van der Waals surface area contributed by atoms with Gasteiger partial charge < -0.3 is 10.2 Å². The van der Waals surface area contributed by atoms with Crippen LogP contribution in [0.3, 0.4) is 0 Å². The number of aryl methyl sites for hydroxylation is 1. The van der Waals surface area contributed by atoms with Crippen LogP contribution in [0.2, 0.25) is 5.02 Å². The number of halogens is 1. The van der Waals surface area contributed by atoms with Crippen molar-refractivity contribution in [2.75, 3.05) is 18.4 Å². The quantitative estimate of drug-likeness (QED) is 0.330. The van der Waals surface area contributed by atoms with Gasteiger partial charge in [-0.15, -0.1) is 0 Å². The topological polar surface area (TPSA) is 110 Å². The van der Waals surface area contributed by atoms with Crippen LogP contribution < -0.4 is 5.32 Å². The first-order chi connectivity index (χ1) is 18.3. The van der Waals surface area contributed by atoms with Gasteiger partial charge in [0.15, 0.2) is 5.78 Å². The monoisotopic (exact) mass is 531 g/mol. The van der Waals surface area contributed by atoms with Crippen molar-refractivity contribution in [3.05, 3.63) is 104 Å². The Bertz CT molecular complexity index is 1430. The molecule has 0 saturated carbocycles. The molecule has 38 heavy (non-hydrogen) atoms. The summed E-state index contributed by atoms with van der Waals surface area (Å²) in [6.07, 6.45) is 2.77. The first kappa shape index (κ1) is 25.6. The number of rotatable bonds is 6. The average Bonchev–Trinajstić information content (AvgIpc) is 3.29. The molecule has 3 aromatic rings. The molecule has 2 aliphatic rings. The van der Waals surface area contributed by atoms with Gasteiger partial charge in [-0.25, -0.2) is 0 Å². The van der Waals surface area contributed by atoms with Crippen LogP contribution in [0.4, 0.5) is 11.4 Å². The molecule has 0 atom stereocenters. The van der Waals surface area contributed by atoms with Gasteiger partial charge in [0.2, 0.25) is 5.91 Å². The molecular weight excluding hydrogens is 506 g/mol. The van der Waals surface area contributed by atoms with Crippen LogP contribution in [0.5, 0.6) is 0 Å². The lowest BCUT2D eigenvalue weighted by Crippen LogP contribution is -2.38. The number of hydrogen-bond acceptors (Lipinski definition) is 5. The Hall–Kier alpha value is -4.04. The maximum absolute atomic E-state index is 13.0. The number of carbonyl (C=O) groups is 3. The Morgan fingerprint density at radius 1 is 1.00 bits per heavy atom. The molecule has 5 rings (SSSR count). The third-order valence-electron chi connectivity index (χ3n) is 7.32. The summed E-state index contributed by atoms with van der Waals surface area (Å²) in [7, 11) is 0. The van der Waals surface area contributed by atoms with Crippen molar-refractivity contribution in [1.29, 1.82) is 0 Å². The zero-order valence-electron chi connectivity index (χ0n) is 20.6. The smallest absolute Gasteiger partial charge is 0.274 e. The Morgan fingerprint density at radius 3 is 2.45 bits per heavy atom. The highest BCUT2D eigenvalue weighted by Crippen LogP contribution is 2.31. The van der Waals surface area contributed by atoms with Gasteiger partial charge in [0, 0.05) is 53.0 Å². The summed E-state index contributed by atoms with van der Waals surface area (Å²) >= 11 is 5.85. The Balaban J connectivity index is 1.16. The van der Waals surface area contributed by atoms with E-state index in [-0.39, 0.29) is 34.7 Å². The van der Waals surface area contributed by atoms with E-state index in [0.29, 0.717) is 47.8 Å². The van der Waals surface area contributed by atoms with E-state index in [1.807, 2.05) is 41.3 Å². The van der Waals surface area contributed by atoms with Gasteiger partial charge >= 0.3 is 0 Å². The molecule has 0 aromatic heterocycles. The van der Waals surface area contributed by atoms with Crippen molar-refractivity contribution in [2.24, 2.45) is 0 Å². The van der Waals surface area contributed by atoms with Crippen molar-refractivity contribution >= 4 is 40.6 Å². The van der Waals surface area contributed by atoms with E-state index in [4.69, 9.17) is 11.6 Å². The minimum Gasteiger partial charge on any atom is -0.339 e. The first-order valence-corrected chi connectivity index (χ1v) is 12.9. The predicted molar refractivity (Wildman–Crippen MR) is 144 cm³/mol. The number of nitro benzene ring substituents is 1. The largest absolute Gasteiger partial charge is 0.339 e. The number of anilines is 1. The van der Waals surface area contributed by atoms with Gasteiger partial charge in [-0.3, -0.25) is 24.5 Å². The number of likely N-dealkylation sites (tertiary alicyclic amines) is 1. The van der Waals surface area contributed by atoms with E-state index in [0.717, 1.165) is 30.4 Å². The van der Waals surface area contributed by atoms with E-state index < -0.39 is 4.92 Å². The van der Waals surface area contributed by atoms with Crippen molar-refractivity contribution in [3.63, 3.8) is 0 Å². The van der Waals surface area contributed by atoms with Gasteiger partial charge in [0.1, 0.15) is 0 Å². The lowest BCUT2D eigenvalue weighted by Gasteiger charge is -2.32. The van der Waals surface area contributed by atoms with Crippen molar-refractivity contribution in [2.45, 2.75) is 38.0 Å². The van der Waals surface area contributed by atoms with E-state index in [1.165, 1.54) is 18.2 Å². The maximum Gasteiger partial charge on any atom is 0.274 e. The molecule has 0 spiro atoms. The van der Waals surface area contributed by atoms with Gasteiger partial charge in [0.05, 0.1) is 11.3 Å². The first-order valence-electron chi connectivity index (χ1n) is 12.6. The summed E-state index contributed by atoms with van der Waals surface area (Å²) in [5.41, 5.74) is 4.13. The number of piperidine rings is 1. The zero-order chi connectivity index (χ0) is 26.8. The molecule has 2 amide bonds. The molecule has 1 aliphatic carbocycles. The lowest BCUT2D eigenvalue weighted by molar-refractivity contribution is -0.385. The SMILES string of the molecule is O=C(Cc1ccc(Cl)cc1[N+](=O)[O-])Nc1ccc(C2CCN(C(=O)c3ccc4c(c3)C(=O)CC4)CC2)cc1. The van der Waals surface area contributed by atoms with Crippen LogP contribution >= 0.6 is 11.6 Å². The Kier molecular flexibility index (Phi) is 7.24. The highest BCUT2D eigenvalue weighted by Gasteiger charge is 2.27. The summed E-state index contributed by atoms with van der Waals surface area (Å²) < 4.78 is 0. The van der Waals surface area contributed by atoms with Gasteiger partial charge in [-0.2, -0.15) is 0 Å². The minimum atomic E-state index is -0.547. The number of benzene rings is 3. The van der Waals surface area contributed by atoms with Crippen LogP contribution in [0, 0.1) is 10.1 Å². The second kappa shape index (κ2) is 10.8. The maximum atomic E-state index is 13.0.